The molecule has 0 spiro atoms. The number of hydrogen-bond donors (Lipinski definition) is 3. The van der Waals surface area contributed by atoms with Gasteiger partial charge in [-0.3, -0.25) is 14.4 Å². The smallest absolute Gasteiger partial charge is 0.407 e. The molecule has 13 heteroatoms. The Hall–Kier alpha value is -6.24. The Kier molecular flexibility index (Phi) is 11.8. The van der Waals surface area contributed by atoms with Crippen molar-refractivity contribution < 1.29 is 28.7 Å². The predicted molar refractivity (Wildman–Crippen MR) is 240 cm³/mol. The van der Waals surface area contributed by atoms with Crippen molar-refractivity contribution in [1.29, 1.82) is 0 Å². The number of nitrogens with zero attached hydrogens (tertiary/aromatic N) is 4. The number of imidazole rings is 2. The van der Waals surface area contributed by atoms with Crippen LogP contribution >= 0.6 is 0 Å². The second-order valence-electron chi connectivity index (χ2n) is 18.2. The molecule has 0 aliphatic carbocycles. The molecular weight excluding hydrogens is 783 g/mol. The zero-order valence-corrected chi connectivity index (χ0v) is 36.8. The number of methoxy groups -OCH3 is 2. The first-order valence-electron chi connectivity index (χ1n) is 21.8. The molecule has 0 saturated carbocycles. The first kappa shape index (κ1) is 42.5. The van der Waals surface area contributed by atoms with Gasteiger partial charge in [0.05, 0.1) is 60.7 Å². The number of esters is 1. The Bertz CT molecular complexity index is 2480. The van der Waals surface area contributed by atoms with Crippen LogP contribution < -0.4 is 5.32 Å². The van der Waals surface area contributed by atoms with E-state index in [-0.39, 0.29) is 54.0 Å². The number of ether oxygens (including phenoxy) is 2. The first-order chi connectivity index (χ1) is 29.7. The van der Waals surface area contributed by atoms with Crippen molar-refractivity contribution in [3.05, 3.63) is 84.4 Å². The van der Waals surface area contributed by atoms with E-state index < -0.39 is 18.1 Å². The molecule has 4 heterocycles. The van der Waals surface area contributed by atoms with Gasteiger partial charge in [-0.2, -0.15) is 0 Å². The molecule has 2 aliphatic heterocycles. The molecule has 0 unspecified atom stereocenters. The monoisotopic (exact) mass is 839 g/mol. The SMILES string of the molecule is COC(=O)C[C@H](C(=O)N1C[C@@H](C)C[C@H]1c1nc2ccc(-c3ccc4cc(-c5ccc6nc([C@@H]7C[C@H](C)CN7C(=O)[C@@H](NC(=O)OC)C(C)C)[nH]c6c5)ccc4c3)cc2[nH]1)C(C)C. The van der Waals surface area contributed by atoms with Crippen molar-refractivity contribution >= 4 is 56.7 Å². The predicted octanol–water partition coefficient (Wildman–Crippen LogP) is 8.96. The van der Waals surface area contributed by atoms with Gasteiger partial charge in [-0.1, -0.05) is 77.9 Å². The number of benzene rings is 4. The summed E-state index contributed by atoms with van der Waals surface area (Å²) < 4.78 is 9.72. The fourth-order valence-electron chi connectivity index (χ4n) is 9.40. The Morgan fingerprint density at radius 2 is 1.13 bits per heavy atom. The van der Waals surface area contributed by atoms with Crippen molar-refractivity contribution in [3.63, 3.8) is 0 Å². The summed E-state index contributed by atoms with van der Waals surface area (Å²) in [5, 5.41) is 4.96. The van der Waals surface area contributed by atoms with E-state index in [2.05, 4.69) is 89.8 Å². The maximum atomic E-state index is 13.9. The number of hydrogen-bond acceptors (Lipinski definition) is 8. The third-order valence-electron chi connectivity index (χ3n) is 12.9. The van der Waals surface area contributed by atoms with Crippen molar-refractivity contribution in [2.75, 3.05) is 27.3 Å². The third kappa shape index (κ3) is 8.36. The van der Waals surface area contributed by atoms with E-state index in [1.54, 1.807) is 0 Å². The van der Waals surface area contributed by atoms with E-state index in [4.69, 9.17) is 19.4 Å². The van der Waals surface area contributed by atoms with Gasteiger partial charge < -0.3 is 34.6 Å². The molecule has 0 radical (unpaired) electrons. The van der Waals surface area contributed by atoms with Gasteiger partial charge in [-0.05, 0) is 106 Å². The van der Waals surface area contributed by atoms with Crippen LogP contribution in [0, 0.1) is 29.6 Å². The highest BCUT2D eigenvalue weighted by atomic mass is 16.5. The number of carbonyl (C=O) groups is 4. The van der Waals surface area contributed by atoms with Crippen LogP contribution in [0.4, 0.5) is 4.79 Å². The van der Waals surface area contributed by atoms with E-state index in [1.807, 2.05) is 49.6 Å². The molecule has 3 amide bonds. The van der Waals surface area contributed by atoms with E-state index in [1.165, 1.54) is 14.2 Å². The Morgan fingerprint density at radius 1 is 0.661 bits per heavy atom. The zero-order chi connectivity index (χ0) is 44.0. The zero-order valence-electron chi connectivity index (χ0n) is 36.8. The molecule has 3 N–H and O–H groups in total. The van der Waals surface area contributed by atoms with E-state index in [9.17, 15) is 19.2 Å². The van der Waals surface area contributed by atoms with Crippen molar-refractivity contribution in [2.45, 2.75) is 78.9 Å². The van der Waals surface area contributed by atoms with Gasteiger partial charge in [0.15, 0.2) is 0 Å². The van der Waals surface area contributed by atoms with Gasteiger partial charge in [0.1, 0.15) is 17.7 Å². The second-order valence-corrected chi connectivity index (χ2v) is 18.2. The quantitative estimate of drug-likeness (QED) is 0.109. The summed E-state index contributed by atoms with van der Waals surface area (Å²) in [5.41, 5.74) is 7.74. The molecular formula is C49H57N7O6. The molecule has 6 aromatic rings. The molecule has 8 rings (SSSR count). The summed E-state index contributed by atoms with van der Waals surface area (Å²) in [6.07, 6.45) is 1.00. The standard InChI is InChI=1S/C49H57N7O6/c1-26(2)36(23-43(57)61-7)47(58)55-24-28(5)17-41(55)45-50-37-15-13-34(21-39(37)52-45)32-11-9-31-20-33(12-10-30(31)19-32)35-14-16-38-40(22-35)53-46(51-38)42-18-29(6)25-56(42)48(59)44(27(3)4)54-49(60)62-8/h9-16,19-22,26-29,36,41-42,44H,17-18,23-25H2,1-8H3,(H,50,52)(H,51,53)(H,54,60)/t28-,29-,36-,41-,42-,44-/m0/s1. The van der Waals surface area contributed by atoms with Gasteiger partial charge in [0, 0.05) is 13.1 Å². The molecule has 2 aromatic heterocycles. The maximum Gasteiger partial charge on any atom is 0.407 e. The van der Waals surface area contributed by atoms with Gasteiger partial charge in [-0.25, -0.2) is 14.8 Å². The van der Waals surface area contributed by atoms with Crippen LogP contribution in [0.2, 0.25) is 0 Å². The number of aromatic nitrogens is 4. The number of rotatable bonds is 11. The summed E-state index contributed by atoms with van der Waals surface area (Å²) in [7, 11) is 2.66. The first-order valence-corrected chi connectivity index (χ1v) is 21.8. The average Bonchev–Trinajstić information content (AvgIpc) is 4.07. The topological polar surface area (TPSA) is 163 Å². The summed E-state index contributed by atoms with van der Waals surface area (Å²) in [5.74, 6) is 0.965. The summed E-state index contributed by atoms with van der Waals surface area (Å²) >= 11 is 0. The Labute approximate surface area is 362 Å². The fourth-order valence-corrected chi connectivity index (χ4v) is 9.40. The minimum atomic E-state index is -0.703. The largest absolute Gasteiger partial charge is 0.469 e. The molecule has 6 atom stereocenters. The third-order valence-corrected chi connectivity index (χ3v) is 12.9. The summed E-state index contributed by atoms with van der Waals surface area (Å²) in [6.45, 7) is 13.3. The number of amides is 3. The molecule has 62 heavy (non-hydrogen) atoms. The van der Waals surface area contributed by atoms with Crippen LogP contribution in [-0.2, 0) is 23.9 Å². The minimum Gasteiger partial charge on any atom is -0.469 e. The molecule has 2 saturated heterocycles. The molecule has 2 fully saturated rings. The van der Waals surface area contributed by atoms with Crippen LogP contribution in [0.1, 0.15) is 84.5 Å². The number of likely N-dealkylation sites (tertiary alicyclic amines) is 2. The highest BCUT2D eigenvalue weighted by Crippen LogP contribution is 2.39. The van der Waals surface area contributed by atoms with Crippen molar-refractivity contribution in [1.82, 2.24) is 35.1 Å². The second kappa shape index (κ2) is 17.3. The number of alkyl carbamates (subject to hydrolysis) is 1. The number of fused-ring (bicyclic) bond motifs is 3. The van der Waals surface area contributed by atoms with E-state index in [0.717, 1.165) is 79.6 Å². The highest BCUT2D eigenvalue weighted by molar-refractivity contribution is 5.93. The van der Waals surface area contributed by atoms with E-state index >= 15 is 0 Å². The fraction of sp³-hybridized carbons (Fsp3) is 0.429. The molecule has 324 valence electrons. The lowest BCUT2D eigenvalue weighted by Gasteiger charge is -2.30. The average molecular weight is 840 g/mol. The molecule has 4 aromatic carbocycles. The lowest BCUT2D eigenvalue weighted by molar-refractivity contribution is -0.148. The van der Waals surface area contributed by atoms with E-state index in [0.29, 0.717) is 19.0 Å². The Morgan fingerprint density at radius 3 is 1.58 bits per heavy atom. The molecule has 0 bridgehead atoms. The van der Waals surface area contributed by atoms with Gasteiger partial charge in [0.25, 0.3) is 0 Å². The summed E-state index contributed by atoms with van der Waals surface area (Å²) in [4.78, 5) is 72.7. The summed E-state index contributed by atoms with van der Waals surface area (Å²) in [6, 6.07) is 24.3. The highest BCUT2D eigenvalue weighted by Gasteiger charge is 2.41. The minimum absolute atomic E-state index is 0.00689. The normalized spacial score (nSPS) is 20.1. The van der Waals surface area contributed by atoms with Crippen LogP contribution in [0.3, 0.4) is 0 Å². The van der Waals surface area contributed by atoms with Gasteiger partial charge in [-0.15, -0.1) is 0 Å². The van der Waals surface area contributed by atoms with Gasteiger partial charge >= 0.3 is 12.1 Å². The molecule has 2 aliphatic rings. The van der Waals surface area contributed by atoms with Crippen LogP contribution in [0.25, 0.3) is 55.1 Å². The van der Waals surface area contributed by atoms with Crippen LogP contribution in [0.5, 0.6) is 0 Å². The van der Waals surface area contributed by atoms with Gasteiger partial charge in [0.2, 0.25) is 11.8 Å². The number of carbonyl (C=O) groups excluding carboxylic acids is 4. The Balaban J connectivity index is 1.01. The number of aromatic amines is 2. The maximum absolute atomic E-state index is 13.9. The number of nitrogens with one attached hydrogen (secondary N) is 3. The van der Waals surface area contributed by atoms with Crippen molar-refractivity contribution in [2.24, 2.45) is 29.6 Å². The lowest BCUT2D eigenvalue weighted by Crippen LogP contribution is -2.51. The molecule has 13 nitrogen and oxygen atoms in total. The van der Waals surface area contributed by atoms with Crippen LogP contribution in [-0.4, -0.2) is 87.0 Å². The van der Waals surface area contributed by atoms with Crippen molar-refractivity contribution in [3.8, 4) is 22.3 Å². The lowest BCUT2D eigenvalue weighted by atomic mass is 9.91. The van der Waals surface area contributed by atoms with Crippen LogP contribution in [0.15, 0.2) is 72.8 Å². The number of H-pyrrole nitrogens is 2.